The van der Waals surface area contributed by atoms with Crippen LogP contribution in [0.2, 0.25) is 0 Å². The molecule has 1 heterocycles. The van der Waals surface area contributed by atoms with Crippen LogP contribution in [0.1, 0.15) is 50.6 Å². The van der Waals surface area contributed by atoms with Crippen LogP contribution in [0.4, 0.5) is 0 Å². The Kier molecular flexibility index (Phi) is 6.96. The number of aliphatic hydroxyl groups is 1. The van der Waals surface area contributed by atoms with E-state index in [0.29, 0.717) is 12.6 Å². The van der Waals surface area contributed by atoms with Crippen LogP contribution in [0.15, 0.2) is 29.3 Å². The quantitative estimate of drug-likeness (QED) is 0.481. The van der Waals surface area contributed by atoms with E-state index in [1.165, 1.54) is 18.4 Å². The smallest absolute Gasteiger partial charge is 0.191 e. The van der Waals surface area contributed by atoms with Gasteiger partial charge in [0.25, 0.3) is 0 Å². The van der Waals surface area contributed by atoms with Crippen LogP contribution >= 0.6 is 0 Å². The Morgan fingerprint density at radius 3 is 2.44 bits per heavy atom. The van der Waals surface area contributed by atoms with E-state index < -0.39 is 5.60 Å². The third-order valence-corrected chi connectivity index (χ3v) is 5.70. The van der Waals surface area contributed by atoms with E-state index in [1.54, 1.807) is 7.11 Å². The molecule has 6 nitrogen and oxygen atoms in total. The largest absolute Gasteiger partial charge is 0.497 e. The summed E-state index contributed by atoms with van der Waals surface area (Å²) in [5.74, 6) is 1.67. The Morgan fingerprint density at radius 1 is 1.19 bits per heavy atom. The second-order valence-corrected chi connectivity index (χ2v) is 7.69. The van der Waals surface area contributed by atoms with Gasteiger partial charge in [-0.15, -0.1) is 0 Å². The van der Waals surface area contributed by atoms with E-state index in [1.807, 2.05) is 12.1 Å². The van der Waals surface area contributed by atoms with Crippen molar-refractivity contribution in [3.63, 3.8) is 0 Å². The summed E-state index contributed by atoms with van der Waals surface area (Å²) in [6.45, 7) is 6.39. The van der Waals surface area contributed by atoms with Gasteiger partial charge in [-0.3, -0.25) is 9.89 Å². The number of nitrogens with one attached hydrogen (secondary N) is 2. The molecule has 0 amide bonds. The first kappa shape index (κ1) is 20.0. The molecule has 0 aromatic heterocycles. The first-order chi connectivity index (χ1) is 13.1. The number of likely N-dealkylation sites (tertiary alicyclic amines) is 1. The molecule has 1 atom stereocenters. The number of rotatable bonds is 8. The van der Waals surface area contributed by atoms with E-state index in [9.17, 15) is 5.11 Å². The van der Waals surface area contributed by atoms with Gasteiger partial charge in [-0.25, -0.2) is 0 Å². The number of methoxy groups -OCH3 is 1. The fourth-order valence-corrected chi connectivity index (χ4v) is 3.84. The highest BCUT2D eigenvalue weighted by Crippen LogP contribution is 2.31. The molecule has 1 aromatic carbocycles. The average Bonchev–Trinajstić information content (AvgIpc) is 3.19. The number of hydrogen-bond acceptors (Lipinski definition) is 4. The van der Waals surface area contributed by atoms with Gasteiger partial charge in [0.1, 0.15) is 5.75 Å². The highest BCUT2D eigenvalue weighted by molar-refractivity contribution is 5.79. The summed E-state index contributed by atoms with van der Waals surface area (Å²) >= 11 is 0. The molecular weight excluding hydrogens is 340 g/mol. The Labute approximate surface area is 163 Å². The van der Waals surface area contributed by atoms with Gasteiger partial charge < -0.3 is 20.5 Å². The molecule has 3 N–H and O–H groups in total. The Hall–Kier alpha value is -1.79. The monoisotopic (exact) mass is 374 g/mol. The van der Waals surface area contributed by atoms with Gasteiger partial charge in [0, 0.05) is 13.1 Å². The summed E-state index contributed by atoms with van der Waals surface area (Å²) in [5.41, 5.74) is 0.700. The number of aliphatic imine (C=N–C) groups is 1. The highest BCUT2D eigenvalue weighted by atomic mass is 16.5. The summed E-state index contributed by atoms with van der Waals surface area (Å²) in [6, 6.07) is 8.68. The van der Waals surface area contributed by atoms with Crippen LogP contribution < -0.4 is 15.4 Å². The minimum absolute atomic E-state index is 0.300. The van der Waals surface area contributed by atoms with E-state index in [4.69, 9.17) is 4.74 Å². The van der Waals surface area contributed by atoms with E-state index in [0.717, 1.165) is 57.2 Å². The lowest BCUT2D eigenvalue weighted by Gasteiger charge is -2.35. The van der Waals surface area contributed by atoms with Crippen molar-refractivity contribution < 1.29 is 9.84 Å². The zero-order chi connectivity index (χ0) is 19.1. The van der Waals surface area contributed by atoms with Crippen molar-refractivity contribution in [3.8, 4) is 5.75 Å². The van der Waals surface area contributed by atoms with Crippen molar-refractivity contribution in [1.82, 2.24) is 15.5 Å². The van der Waals surface area contributed by atoms with Crippen LogP contribution in [-0.4, -0.2) is 61.4 Å². The maximum atomic E-state index is 10.3. The predicted molar refractivity (Wildman–Crippen MR) is 109 cm³/mol. The lowest BCUT2D eigenvalue weighted by Crippen LogP contribution is -2.45. The minimum atomic E-state index is -0.591. The summed E-state index contributed by atoms with van der Waals surface area (Å²) in [4.78, 5) is 7.17. The first-order valence-corrected chi connectivity index (χ1v) is 10.3. The first-order valence-electron chi connectivity index (χ1n) is 10.3. The topological polar surface area (TPSA) is 69.1 Å². The number of hydrogen-bond donors (Lipinski definition) is 3. The summed E-state index contributed by atoms with van der Waals surface area (Å²) in [6.07, 6.45) is 5.34. The summed E-state index contributed by atoms with van der Waals surface area (Å²) in [5, 5.41) is 17.1. The number of nitrogens with zero attached hydrogens (tertiary/aromatic N) is 2. The van der Waals surface area contributed by atoms with Crippen LogP contribution in [0.5, 0.6) is 5.75 Å². The standard InChI is InChI=1S/C21H34N4O2/c1-3-22-20(24-16-21(26)11-6-12-21)23-15-19(25-13-4-5-14-25)17-7-9-18(27-2)10-8-17/h7-10,19,26H,3-6,11-16H2,1-2H3,(H2,22,23,24). The molecule has 27 heavy (non-hydrogen) atoms. The normalized spacial score (nSPS) is 20.8. The Morgan fingerprint density at radius 2 is 1.89 bits per heavy atom. The molecule has 1 saturated heterocycles. The number of ether oxygens (including phenoxy) is 1. The predicted octanol–water partition coefficient (Wildman–Crippen LogP) is 2.30. The second-order valence-electron chi connectivity index (χ2n) is 7.69. The molecule has 0 radical (unpaired) electrons. The maximum Gasteiger partial charge on any atom is 0.191 e. The molecule has 1 aliphatic heterocycles. The van der Waals surface area contributed by atoms with E-state index in [-0.39, 0.29) is 0 Å². The Bertz CT molecular complexity index is 607. The van der Waals surface area contributed by atoms with Crippen molar-refractivity contribution in [2.24, 2.45) is 4.99 Å². The summed E-state index contributed by atoms with van der Waals surface area (Å²) < 4.78 is 5.30. The van der Waals surface area contributed by atoms with Crippen molar-refractivity contribution in [1.29, 1.82) is 0 Å². The zero-order valence-electron chi connectivity index (χ0n) is 16.7. The molecule has 2 fully saturated rings. The fourth-order valence-electron chi connectivity index (χ4n) is 3.84. The lowest BCUT2D eigenvalue weighted by molar-refractivity contribution is -0.0236. The van der Waals surface area contributed by atoms with Gasteiger partial charge in [-0.05, 0) is 69.8 Å². The summed E-state index contributed by atoms with van der Waals surface area (Å²) in [7, 11) is 1.70. The third-order valence-electron chi connectivity index (χ3n) is 5.70. The van der Waals surface area contributed by atoms with Crippen LogP contribution in [-0.2, 0) is 0 Å². The van der Waals surface area contributed by atoms with Gasteiger partial charge in [-0.1, -0.05) is 12.1 Å². The minimum Gasteiger partial charge on any atom is -0.497 e. The van der Waals surface area contributed by atoms with Gasteiger partial charge in [-0.2, -0.15) is 0 Å². The molecule has 1 aromatic rings. The molecular formula is C21H34N4O2. The van der Waals surface area contributed by atoms with Gasteiger partial charge >= 0.3 is 0 Å². The zero-order valence-corrected chi connectivity index (χ0v) is 16.7. The molecule has 0 spiro atoms. The SMILES string of the molecule is CCNC(=NCC1(O)CCC1)NCC(c1ccc(OC)cc1)N1CCCC1. The molecule has 1 saturated carbocycles. The lowest BCUT2D eigenvalue weighted by atomic mass is 9.80. The number of benzene rings is 1. The van der Waals surface area contributed by atoms with Gasteiger partial charge in [0.2, 0.25) is 0 Å². The van der Waals surface area contributed by atoms with E-state index >= 15 is 0 Å². The second kappa shape index (κ2) is 9.42. The van der Waals surface area contributed by atoms with E-state index in [2.05, 4.69) is 39.6 Å². The van der Waals surface area contributed by atoms with Crippen LogP contribution in [0.25, 0.3) is 0 Å². The van der Waals surface area contributed by atoms with Crippen molar-refractivity contribution in [3.05, 3.63) is 29.8 Å². The van der Waals surface area contributed by atoms with Crippen LogP contribution in [0.3, 0.4) is 0 Å². The van der Waals surface area contributed by atoms with Crippen molar-refractivity contribution in [2.45, 2.75) is 50.7 Å². The van der Waals surface area contributed by atoms with Crippen molar-refractivity contribution >= 4 is 5.96 Å². The van der Waals surface area contributed by atoms with Gasteiger partial charge in [0.05, 0.1) is 25.3 Å². The molecule has 0 bridgehead atoms. The Balaban J connectivity index is 1.66. The van der Waals surface area contributed by atoms with Crippen molar-refractivity contribution in [2.75, 3.05) is 39.8 Å². The maximum absolute atomic E-state index is 10.3. The highest BCUT2D eigenvalue weighted by Gasteiger charge is 2.34. The van der Waals surface area contributed by atoms with Gasteiger partial charge in [0.15, 0.2) is 5.96 Å². The average molecular weight is 375 g/mol. The third kappa shape index (κ3) is 5.36. The molecule has 2 aliphatic rings. The fraction of sp³-hybridized carbons (Fsp3) is 0.667. The molecule has 1 unspecified atom stereocenters. The van der Waals surface area contributed by atoms with Crippen LogP contribution in [0, 0.1) is 0 Å². The molecule has 6 heteroatoms. The molecule has 1 aliphatic carbocycles. The number of guanidine groups is 1. The molecule has 150 valence electrons. The molecule has 3 rings (SSSR count).